The van der Waals surface area contributed by atoms with E-state index in [0.29, 0.717) is 29.7 Å². The normalized spacial score (nSPS) is 10.6. The number of aromatic carboxylic acids is 1. The maximum atomic E-state index is 13.4. The first-order valence-electron chi connectivity index (χ1n) is 6.52. The molecular formula is C15H15FN2O3. The summed E-state index contributed by atoms with van der Waals surface area (Å²) in [5.41, 5.74) is 2.12. The van der Waals surface area contributed by atoms with E-state index >= 15 is 0 Å². The molecule has 0 fully saturated rings. The van der Waals surface area contributed by atoms with Crippen LogP contribution in [-0.2, 0) is 12.8 Å². The van der Waals surface area contributed by atoms with E-state index in [0.717, 1.165) is 11.6 Å². The van der Waals surface area contributed by atoms with Gasteiger partial charge in [-0.2, -0.15) is 5.10 Å². The summed E-state index contributed by atoms with van der Waals surface area (Å²) in [5, 5.41) is 15.4. The quantitative estimate of drug-likeness (QED) is 0.903. The third kappa shape index (κ3) is 2.99. The second-order valence-electron chi connectivity index (χ2n) is 4.75. The number of rotatable bonds is 4. The number of nitrogens with zero attached hydrogens (tertiary/aromatic N) is 1. The van der Waals surface area contributed by atoms with Gasteiger partial charge < -0.3 is 5.11 Å². The summed E-state index contributed by atoms with van der Waals surface area (Å²) in [4.78, 5) is 22.5. The molecule has 0 atom stereocenters. The van der Waals surface area contributed by atoms with Crippen molar-refractivity contribution in [3.8, 4) is 0 Å². The lowest BCUT2D eigenvalue weighted by atomic mass is 9.99. The van der Waals surface area contributed by atoms with Gasteiger partial charge in [-0.1, -0.05) is 13.0 Å². The highest BCUT2D eigenvalue weighted by Gasteiger charge is 2.14. The second-order valence-corrected chi connectivity index (χ2v) is 4.75. The van der Waals surface area contributed by atoms with Crippen molar-refractivity contribution in [3.63, 3.8) is 0 Å². The fraction of sp³-hybridized carbons (Fsp3) is 0.267. The Morgan fingerprint density at radius 1 is 1.43 bits per heavy atom. The number of carboxylic acid groups (broad SMARTS) is 1. The topological polar surface area (TPSA) is 83.0 Å². The number of nitrogens with one attached hydrogen (secondary N) is 1. The van der Waals surface area contributed by atoms with Gasteiger partial charge in [-0.3, -0.25) is 4.79 Å². The molecule has 6 heteroatoms. The van der Waals surface area contributed by atoms with Crippen LogP contribution in [0.4, 0.5) is 4.39 Å². The van der Waals surface area contributed by atoms with E-state index in [1.165, 1.54) is 12.1 Å². The van der Waals surface area contributed by atoms with Crippen molar-refractivity contribution in [2.75, 3.05) is 0 Å². The minimum atomic E-state index is -1.31. The lowest BCUT2D eigenvalue weighted by Gasteiger charge is -2.09. The third-order valence-electron chi connectivity index (χ3n) is 3.42. The Bertz CT molecular complexity index is 753. The summed E-state index contributed by atoms with van der Waals surface area (Å²) in [6.07, 6.45) is 0.979. The van der Waals surface area contributed by atoms with Crippen LogP contribution in [-0.4, -0.2) is 21.3 Å². The minimum absolute atomic E-state index is 0.235. The van der Waals surface area contributed by atoms with Gasteiger partial charge in [-0.15, -0.1) is 0 Å². The maximum Gasteiger partial charge on any atom is 0.338 e. The molecule has 0 aliphatic carbocycles. The van der Waals surface area contributed by atoms with E-state index in [1.54, 1.807) is 6.92 Å². The summed E-state index contributed by atoms with van der Waals surface area (Å²) in [5.74, 6) is -2.08. The summed E-state index contributed by atoms with van der Waals surface area (Å²) >= 11 is 0. The van der Waals surface area contributed by atoms with Crippen LogP contribution in [0, 0.1) is 12.7 Å². The molecule has 0 aliphatic rings. The number of benzene rings is 1. The molecule has 2 aromatic rings. The molecule has 1 aromatic carbocycles. The number of carbonyl (C=O) groups is 1. The number of hydrogen-bond acceptors (Lipinski definition) is 3. The van der Waals surface area contributed by atoms with Crippen molar-refractivity contribution in [2.45, 2.75) is 26.7 Å². The predicted molar refractivity (Wildman–Crippen MR) is 75.1 cm³/mol. The van der Waals surface area contributed by atoms with E-state index in [9.17, 15) is 14.0 Å². The second kappa shape index (κ2) is 5.87. The third-order valence-corrected chi connectivity index (χ3v) is 3.42. The summed E-state index contributed by atoms with van der Waals surface area (Å²) in [6.45, 7) is 3.64. The highest BCUT2D eigenvalue weighted by molar-refractivity contribution is 5.88. The van der Waals surface area contributed by atoms with Crippen molar-refractivity contribution in [1.29, 1.82) is 0 Å². The first-order chi connectivity index (χ1) is 9.93. The van der Waals surface area contributed by atoms with Crippen molar-refractivity contribution in [2.24, 2.45) is 0 Å². The highest BCUT2D eigenvalue weighted by atomic mass is 19.1. The van der Waals surface area contributed by atoms with Gasteiger partial charge in [0, 0.05) is 12.0 Å². The summed E-state index contributed by atoms with van der Waals surface area (Å²) < 4.78 is 13.4. The van der Waals surface area contributed by atoms with Crippen LogP contribution in [0.15, 0.2) is 23.0 Å². The van der Waals surface area contributed by atoms with Crippen LogP contribution >= 0.6 is 0 Å². The number of H-pyrrole nitrogens is 1. The molecule has 0 aliphatic heterocycles. The Hall–Kier alpha value is -2.50. The molecule has 0 unspecified atom stereocenters. The molecule has 0 saturated heterocycles. The van der Waals surface area contributed by atoms with Crippen LogP contribution in [0.5, 0.6) is 0 Å². The maximum absolute atomic E-state index is 13.4. The molecule has 0 bridgehead atoms. The molecule has 0 spiro atoms. The number of halogens is 1. The molecule has 2 rings (SSSR count). The molecule has 1 heterocycles. The van der Waals surface area contributed by atoms with Crippen molar-refractivity contribution >= 4 is 5.97 Å². The number of aromatic amines is 1. The van der Waals surface area contributed by atoms with Gasteiger partial charge in [0.05, 0.1) is 11.3 Å². The molecule has 1 aromatic heterocycles. The zero-order chi connectivity index (χ0) is 15.6. The first-order valence-corrected chi connectivity index (χ1v) is 6.52. The lowest BCUT2D eigenvalue weighted by Crippen LogP contribution is -2.17. The smallest absolute Gasteiger partial charge is 0.338 e. The van der Waals surface area contributed by atoms with Gasteiger partial charge in [0.2, 0.25) is 0 Å². The van der Waals surface area contributed by atoms with E-state index in [1.807, 2.05) is 6.92 Å². The van der Waals surface area contributed by atoms with Gasteiger partial charge >= 0.3 is 5.97 Å². The Balaban J connectivity index is 2.44. The van der Waals surface area contributed by atoms with Gasteiger partial charge in [0.25, 0.3) is 5.56 Å². The van der Waals surface area contributed by atoms with Gasteiger partial charge in [0.1, 0.15) is 5.82 Å². The highest BCUT2D eigenvalue weighted by Crippen LogP contribution is 2.16. The van der Waals surface area contributed by atoms with Gasteiger partial charge in [-0.25, -0.2) is 14.3 Å². The SMILES string of the molecule is CCc1c(Cc2ccc(F)c(C(=O)O)c2)n[nH]c(=O)c1C. The standard InChI is InChI=1S/C15H15FN2O3/c1-3-10-8(2)14(19)18-17-13(10)7-9-4-5-12(16)11(6-9)15(20)21/h4-6H,3,7H2,1-2H3,(H,18,19)(H,20,21). The zero-order valence-corrected chi connectivity index (χ0v) is 11.7. The lowest BCUT2D eigenvalue weighted by molar-refractivity contribution is 0.0691. The van der Waals surface area contributed by atoms with Gasteiger partial charge in [0.15, 0.2) is 0 Å². The first kappa shape index (κ1) is 14.9. The Morgan fingerprint density at radius 2 is 2.14 bits per heavy atom. The molecular weight excluding hydrogens is 275 g/mol. The van der Waals surface area contributed by atoms with Gasteiger partial charge in [-0.05, 0) is 36.6 Å². The summed E-state index contributed by atoms with van der Waals surface area (Å²) in [6, 6.07) is 3.94. The van der Waals surface area contributed by atoms with Crippen molar-refractivity contribution in [3.05, 3.63) is 62.3 Å². The molecule has 0 radical (unpaired) electrons. The number of hydrogen-bond donors (Lipinski definition) is 2. The van der Waals surface area contributed by atoms with Crippen LogP contribution in [0.25, 0.3) is 0 Å². The fourth-order valence-corrected chi connectivity index (χ4v) is 2.28. The largest absolute Gasteiger partial charge is 0.478 e. The van der Waals surface area contributed by atoms with Crippen LogP contribution < -0.4 is 5.56 Å². The molecule has 0 saturated carbocycles. The Kier molecular flexibility index (Phi) is 4.16. The summed E-state index contributed by atoms with van der Waals surface area (Å²) in [7, 11) is 0. The van der Waals surface area contributed by atoms with Crippen LogP contribution in [0.1, 0.15) is 39.7 Å². The minimum Gasteiger partial charge on any atom is -0.478 e. The average Bonchev–Trinajstić information content (AvgIpc) is 2.45. The predicted octanol–water partition coefficient (Wildman–Crippen LogP) is 2.07. The van der Waals surface area contributed by atoms with E-state index in [2.05, 4.69) is 10.2 Å². The van der Waals surface area contributed by atoms with E-state index in [-0.39, 0.29) is 11.1 Å². The molecule has 5 nitrogen and oxygen atoms in total. The molecule has 0 amide bonds. The Morgan fingerprint density at radius 3 is 2.76 bits per heavy atom. The van der Waals surface area contributed by atoms with E-state index < -0.39 is 11.8 Å². The number of aromatic nitrogens is 2. The van der Waals surface area contributed by atoms with Crippen molar-refractivity contribution in [1.82, 2.24) is 10.2 Å². The van der Waals surface area contributed by atoms with Crippen LogP contribution in [0.2, 0.25) is 0 Å². The fourth-order valence-electron chi connectivity index (χ4n) is 2.28. The van der Waals surface area contributed by atoms with E-state index in [4.69, 9.17) is 5.11 Å². The molecule has 2 N–H and O–H groups in total. The number of carboxylic acids is 1. The zero-order valence-electron chi connectivity index (χ0n) is 11.7. The molecule has 110 valence electrons. The van der Waals surface area contributed by atoms with Crippen molar-refractivity contribution < 1.29 is 14.3 Å². The Labute approximate surface area is 120 Å². The van der Waals surface area contributed by atoms with Crippen LogP contribution in [0.3, 0.4) is 0 Å². The molecule has 21 heavy (non-hydrogen) atoms. The average molecular weight is 290 g/mol. The monoisotopic (exact) mass is 290 g/mol.